The van der Waals surface area contributed by atoms with E-state index in [1.165, 1.54) is 0 Å². The quantitative estimate of drug-likeness (QED) is 0.549. The molecule has 0 saturated carbocycles. The highest BCUT2D eigenvalue weighted by molar-refractivity contribution is 5.91. The van der Waals surface area contributed by atoms with Gasteiger partial charge in [-0.05, 0) is 25.5 Å². The Hall–Kier alpha value is -1.58. The van der Waals surface area contributed by atoms with E-state index in [2.05, 4.69) is 11.9 Å². The van der Waals surface area contributed by atoms with E-state index >= 15 is 0 Å². The number of ether oxygens (including phenoxy) is 2. The largest absolute Gasteiger partial charge is 0.477 e. The molecule has 0 radical (unpaired) electrons. The molecule has 4 heteroatoms. The van der Waals surface area contributed by atoms with Crippen molar-refractivity contribution in [3.8, 4) is 5.88 Å². The van der Waals surface area contributed by atoms with E-state index in [-0.39, 0.29) is 5.97 Å². The number of unbranched alkanes of at least 4 members (excludes halogenated alkanes) is 1. The number of aromatic nitrogens is 1. The van der Waals surface area contributed by atoms with E-state index in [9.17, 15) is 4.79 Å². The number of rotatable bonds is 6. The highest BCUT2D eigenvalue weighted by atomic mass is 16.5. The molecule has 0 aromatic carbocycles. The van der Waals surface area contributed by atoms with Crippen LogP contribution < -0.4 is 4.74 Å². The summed E-state index contributed by atoms with van der Waals surface area (Å²) in [6.45, 7) is 4.77. The molecule has 0 spiro atoms. The molecule has 0 aliphatic heterocycles. The number of carbonyl (C=O) groups excluding carboxylic acids is 1. The van der Waals surface area contributed by atoms with Crippen molar-refractivity contribution >= 4 is 5.97 Å². The number of esters is 1. The Morgan fingerprint density at radius 3 is 2.94 bits per heavy atom. The first kappa shape index (κ1) is 12.5. The Labute approximate surface area is 95.6 Å². The maximum absolute atomic E-state index is 11.6. The minimum atomic E-state index is -0.387. The Morgan fingerprint density at radius 1 is 1.44 bits per heavy atom. The van der Waals surface area contributed by atoms with Crippen molar-refractivity contribution in [2.24, 2.45) is 0 Å². The SMILES string of the molecule is CCCCOc1ncccc1C(=O)OCC. The Balaban J connectivity index is 2.71. The van der Waals surface area contributed by atoms with Gasteiger partial charge in [-0.3, -0.25) is 0 Å². The van der Waals surface area contributed by atoms with Gasteiger partial charge in [0.05, 0.1) is 13.2 Å². The van der Waals surface area contributed by atoms with Crippen LogP contribution in [-0.4, -0.2) is 24.2 Å². The second kappa shape index (κ2) is 6.82. The molecular formula is C12H17NO3. The van der Waals surface area contributed by atoms with Crippen LogP contribution in [0.4, 0.5) is 0 Å². The van der Waals surface area contributed by atoms with Gasteiger partial charge in [0.2, 0.25) is 5.88 Å². The van der Waals surface area contributed by atoms with Crippen LogP contribution in [-0.2, 0) is 4.74 Å². The van der Waals surface area contributed by atoms with E-state index in [1.807, 2.05) is 0 Å². The third kappa shape index (κ3) is 3.53. The predicted octanol–water partition coefficient (Wildman–Crippen LogP) is 2.44. The summed E-state index contributed by atoms with van der Waals surface area (Å²) in [6, 6.07) is 3.35. The molecule has 0 saturated heterocycles. The molecule has 0 bridgehead atoms. The van der Waals surface area contributed by atoms with Gasteiger partial charge in [-0.1, -0.05) is 13.3 Å². The molecule has 0 atom stereocenters. The number of pyridine rings is 1. The smallest absolute Gasteiger partial charge is 0.343 e. The van der Waals surface area contributed by atoms with E-state index in [0.717, 1.165) is 12.8 Å². The zero-order chi connectivity index (χ0) is 11.8. The molecule has 0 N–H and O–H groups in total. The molecule has 0 aliphatic rings. The molecule has 4 nitrogen and oxygen atoms in total. The molecule has 0 fully saturated rings. The monoisotopic (exact) mass is 223 g/mol. The van der Waals surface area contributed by atoms with Crippen molar-refractivity contribution in [1.82, 2.24) is 4.98 Å². The Kier molecular flexibility index (Phi) is 5.32. The average Bonchev–Trinajstić information content (AvgIpc) is 2.30. The summed E-state index contributed by atoms with van der Waals surface area (Å²) < 4.78 is 10.3. The van der Waals surface area contributed by atoms with Crippen LogP contribution in [0.25, 0.3) is 0 Å². The van der Waals surface area contributed by atoms with Crippen molar-refractivity contribution in [2.75, 3.05) is 13.2 Å². The Morgan fingerprint density at radius 2 is 2.25 bits per heavy atom. The van der Waals surface area contributed by atoms with Crippen molar-refractivity contribution in [3.05, 3.63) is 23.9 Å². The molecule has 0 aliphatic carbocycles. The average molecular weight is 223 g/mol. The fraction of sp³-hybridized carbons (Fsp3) is 0.500. The van der Waals surface area contributed by atoms with Crippen LogP contribution in [0.15, 0.2) is 18.3 Å². The Bertz CT molecular complexity index is 339. The minimum Gasteiger partial charge on any atom is -0.477 e. The first-order valence-electron chi connectivity index (χ1n) is 5.54. The normalized spacial score (nSPS) is 9.88. The molecular weight excluding hydrogens is 206 g/mol. The summed E-state index contributed by atoms with van der Waals surface area (Å²) in [6.07, 6.45) is 3.59. The summed E-state index contributed by atoms with van der Waals surface area (Å²) in [7, 11) is 0. The summed E-state index contributed by atoms with van der Waals surface area (Å²) in [5, 5.41) is 0. The predicted molar refractivity (Wildman–Crippen MR) is 60.6 cm³/mol. The van der Waals surface area contributed by atoms with Crippen molar-refractivity contribution < 1.29 is 14.3 Å². The van der Waals surface area contributed by atoms with Gasteiger partial charge in [-0.15, -0.1) is 0 Å². The van der Waals surface area contributed by atoms with Crippen molar-refractivity contribution in [1.29, 1.82) is 0 Å². The van der Waals surface area contributed by atoms with Crippen molar-refractivity contribution in [2.45, 2.75) is 26.7 Å². The van der Waals surface area contributed by atoms with Gasteiger partial charge in [-0.2, -0.15) is 0 Å². The van der Waals surface area contributed by atoms with Gasteiger partial charge in [0.15, 0.2) is 0 Å². The summed E-state index contributed by atoms with van der Waals surface area (Å²) in [5.74, 6) is -0.0310. The van der Waals surface area contributed by atoms with Crippen LogP contribution in [0, 0.1) is 0 Å². The second-order valence-corrected chi connectivity index (χ2v) is 3.28. The lowest BCUT2D eigenvalue weighted by Gasteiger charge is -2.08. The van der Waals surface area contributed by atoms with E-state index in [1.54, 1.807) is 25.3 Å². The van der Waals surface area contributed by atoms with Gasteiger partial charge >= 0.3 is 5.97 Å². The topological polar surface area (TPSA) is 48.4 Å². The molecule has 88 valence electrons. The third-order valence-corrected chi connectivity index (χ3v) is 2.00. The molecule has 0 amide bonds. The lowest BCUT2D eigenvalue weighted by Crippen LogP contribution is -2.09. The highest BCUT2D eigenvalue weighted by Gasteiger charge is 2.13. The zero-order valence-corrected chi connectivity index (χ0v) is 9.73. The maximum Gasteiger partial charge on any atom is 0.343 e. The van der Waals surface area contributed by atoms with Crippen LogP contribution in [0.5, 0.6) is 5.88 Å². The van der Waals surface area contributed by atoms with E-state index < -0.39 is 0 Å². The molecule has 0 unspecified atom stereocenters. The maximum atomic E-state index is 11.6. The van der Waals surface area contributed by atoms with Gasteiger partial charge < -0.3 is 9.47 Å². The van der Waals surface area contributed by atoms with Crippen LogP contribution in [0.1, 0.15) is 37.0 Å². The van der Waals surface area contributed by atoms with E-state index in [4.69, 9.17) is 9.47 Å². The van der Waals surface area contributed by atoms with Crippen LogP contribution in [0.2, 0.25) is 0 Å². The molecule has 1 aromatic heterocycles. The number of carbonyl (C=O) groups is 1. The number of hydrogen-bond donors (Lipinski definition) is 0. The van der Waals surface area contributed by atoms with Gasteiger partial charge in [0.25, 0.3) is 0 Å². The lowest BCUT2D eigenvalue weighted by atomic mass is 10.3. The van der Waals surface area contributed by atoms with Gasteiger partial charge in [0.1, 0.15) is 5.56 Å². The summed E-state index contributed by atoms with van der Waals surface area (Å²) >= 11 is 0. The first-order valence-corrected chi connectivity index (χ1v) is 5.54. The summed E-state index contributed by atoms with van der Waals surface area (Å²) in [5.41, 5.74) is 0.389. The number of hydrogen-bond acceptors (Lipinski definition) is 4. The number of nitrogens with zero attached hydrogens (tertiary/aromatic N) is 1. The zero-order valence-electron chi connectivity index (χ0n) is 9.73. The lowest BCUT2D eigenvalue weighted by molar-refractivity contribution is 0.0520. The van der Waals surface area contributed by atoms with Gasteiger partial charge in [-0.25, -0.2) is 9.78 Å². The van der Waals surface area contributed by atoms with Crippen LogP contribution in [0.3, 0.4) is 0 Å². The second-order valence-electron chi connectivity index (χ2n) is 3.28. The van der Waals surface area contributed by atoms with Gasteiger partial charge in [0, 0.05) is 6.20 Å². The fourth-order valence-electron chi connectivity index (χ4n) is 1.18. The third-order valence-electron chi connectivity index (χ3n) is 2.00. The molecule has 1 heterocycles. The highest BCUT2D eigenvalue weighted by Crippen LogP contribution is 2.15. The van der Waals surface area contributed by atoms with E-state index in [0.29, 0.717) is 24.7 Å². The molecule has 1 rings (SSSR count). The van der Waals surface area contributed by atoms with Crippen LogP contribution >= 0.6 is 0 Å². The summed E-state index contributed by atoms with van der Waals surface area (Å²) in [4.78, 5) is 15.6. The standard InChI is InChI=1S/C12H17NO3/c1-3-5-9-16-11-10(7-6-8-13-11)12(14)15-4-2/h6-8H,3-5,9H2,1-2H3. The fourth-order valence-corrected chi connectivity index (χ4v) is 1.18. The first-order chi connectivity index (χ1) is 7.79. The molecule has 1 aromatic rings. The minimum absolute atomic E-state index is 0.349. The van der Waals surface area contributed by atoms with Crippen molar-refractivity contribution in [3.63, 3.8) is 0 Å². The molecule has 16 heavy (non-hydrogen) atoms.